The molecule has 0 spiro atoms. The normalized spacial score (nSPS) is 13.9. The molecule has 26 heteroatoms. The maximum absolute atomic E-state index is 13.8. The van der Waals surface area contributed by atoms with E-state index < -0.39 is 140 Å². The quantitative estimate of drug-likeness (QED) is 0.0212. The van der Waals surface area contributed by atoms with Crippen molar-refractivity contribution in [3.8, 4) is 11.5 Å². The minimum absolute atomic E-state index is 0.0157. The number of phenolic OH excluding ortho intramolecular Hbond substituents is 2. The second kappa shape index (κ2) is 28.2. The zero-order chi connectivity index (χ0) is 52.0. The van der Waals surface area contributed by atoms with Gasteiger partial charge in [-0.15, -0.1) is 0 Å². The highest BCUT2D eigenvalue weighted by molar-refractivity contribution is 5.98. The molecule has 6 amide bonds. The molecule has 7 atom stereocenters. The summed E-state index contributed by atoms with van der Waals surface area (Å²) < 4.78 is 0. The number of nitrogens with one attached hydrogen (secondary N) is 6. The van der Waals surface area contributed by atoms with Crippen LogP contribution in [0, 0.1) is 5.92 Å². The number of phenols is 2. The third-order valence-electron chi connectivity index (χ3n) is 10.1. The number of aliphatic carboxylic acids is 4. The Kier molecular flexibility index (Phi) is 23.3. The Morgan fingerprint density at radius 2 is 0.942 bits per heavy atom. The first-order chi connectivity index (χ1) is 32.4. The predicted octanol–water partition coefficient (Wildman–Crippen LogP) is -2.88. The first-order valence-electron chi connectivity index (χ1n) is 21.4. The largest absolute Gasteiger partial charge is 0.508 e. The molecule has 2 aromatic rings. The van der Waals surface area contributed by atoms with Crippen LogP contribution >= 0.6 is 0 Å². The molecule has 0 aliphatic rings. The molecular formula is C43H60N10O16. The molecule has 0 aromatic heterocycles. The van der Waals surface area contributed by atoms with Crippen LogP contribution in [-0.2, 0) is 60.8 Å². The molecule has 378 valence electrons. The first-order valence-corrected chi connectivity index (χ1v) is 21.4. The van der Waals surface area contributed by atoms with Crippen LogP contribution in [0.5, 0.6) is 11.5 Å². The van der Waals surface area contributed by atoms with Crippen LogP contribution in [0.1, 0.15) is 69.9 Å². The number of benzene rings is 2. The molecular weight excluding hydrogens is 913 g/mol. The van der Waals surface area contributed by atoms with Crippen molar-refractivity contribution >= 4 is 65.3 Å². The van der Waals surface area contributed by atoms with Gasteiger partial charge in [0.05, 0.1) is 12.5 Å². The molecule has 0 unspecified atom stereocenters. The first kappa shape index (κ1) is 57.1. The fourth-order valence-corrected chi connectivity index (χ4v) is 6.42. The van der Waals surface area contributed by atoms with Crippen molar-refractivity contribution in [2.45, 2.75) is 114 Å². The Balaban J connectivity index is 2.37. The summed E-state index contributed by atoms with van der Waals surface area (Å²) in [6, 6.07) is -0.275. The van der Waals surface area contributed by atoms with Gasteiger partial charge in [0.15, 0.2) is 5.96 Å². The second-order valence-corrected chi connectivity index (χ2v) is 16.1. The topological polar surface area (TPSA) is 455 Å². The molecule has 18 N–H and O–H groups in total. The molecule has 0 bridgehead atoms. The number of amides is 6. The number of hydrogen-bond donors (Lipinski definition) is 15. The van der Waals surface area contributed by atoms with E-state index in [2.05, 4.69) is 36.9 Å². The monoisotopic (exact) mass is 972 g/mol. The highest BCUT2D eigenvalue weighted by Gasteiger charge is 2.35. The Bertz CT molecular complexity index is 2170. The zero-order valence-electron chi connectivity index (χ0n) is 37.8. The number of rotatable bonds is 30. The van der Waals surface area contributed by atoms with Gasteiger partial charge in [-0.3, -0.25) is 48.1 Å². The van der Waals surface area contributed by atoms with Crippen LogP contribution < -0.4 is 49.1 Å². The van der Waals surface area contributed by atoms with Crippen molar-refractivity contribution < 1.29 is 78.6 Å². The molecule has 0 aliphatic carbocycles. The van der Waals surface area contributed by atoms with Crippen molar-refractivity contribution in [2.24, 2.45) is 28.1 Å². The van der Waals surface area contributed by atoms with Crippen molar-refractivity contribution in [3.05, 3.63) is 59.7 Å². The molecule has 0 saturated heterocycles. The van der Waals surface area contributed by atoms with E-state index in [0.29, 0.717) is 11.1 Å². The molecule has 69 heavy (non-hydrogen) atoms. The molecule has 0 saturated carbocycles. The third kappa shape index (κ3) is 21.4. The van der Waals surface area contributed by atoms with Gasteiger partial charge in [-0.05, 0) is 73.4 Å². The van der Waals surface area contributed by atoms with Gasteiger partial charge >= 0.3 is 23.9 Å². The second-order valence-electron chi connectivity index (χ2n) is 16.1. The SMILES string of the molecule is CC(C)[C@H](NC(=O)[C@H](CCC(=O)O)NC(=O)[C@@H](N)Cc1ccc(O)cc1)C(=O)N[C@@H](CCC(=O)O)C(=O)N[C@@H](CC(=O)O)C(=O)N[C@@H](Cc1ccc(O)cc1)C(=O)N[C@@H](CCCN=C(N)N)C(=O)O. The van der Waals surface area contributed by atoms with Crippen molar-refractivity contribution in [1.82, 2.24) is 31.9 Å². The molecule has 2 rings (SSSR count). The summed E-state index contributed by atoms with van der Waals surface area (Å²) in [4.78, 5) is 133. The standard InChI is InChI=1S/C43H60N10O16/c1-21(2)35(53-38(64)28(14-16-33(58)59)48-36(62)26(44)18-22-5-9-24(54)10-6-22)41(67)49-27(13-15-32(56)57)37(63)52-31(20-34(60)61)40(66)51-30(19-23-7-11-25(55)12-8-23)39(65)50-29(42(68)69)4-3-17-47-43(45)46/h5-12,21,26-31,35,54-55H,3-4,13-20,44H2,1-2H3,(H,48,62)(H,49,67)(H,50,65)(H,51,66)(H,52,63)(H,53,64)(H,56,57)(H,58,59)(H,60,61)(H,68,69)(H4,45,46,47)/t26-,27-,28-,29-,30-,31-,35-/m0/s1. The maximum atomic E-state index is 13.8. The van der Waals surface area contributed by atoms with Gasteiger partial charge in [-0.25, -0.2) is 4.79 Å². The van der Waals surface area contributed by atoms with Crippen molar-refractivity contribution in [3.63, 3.8) is 0 Å². The minimum atomic E-state index is -2.01. The number of carboxylic acid groups (broad SMARTS) is 4. The molecule has 0 heterocycles. The van der Waals surface area contributed by atoms with Gasteiger partial charge in [0.2, 0.25) is 35.4 Å². The Labute approximate surface area is 394 Å². The third-order valence-corrected chi connectivity index (χ3v) is 10.1. The zero-order valence-corrected chi connectivity index (χ0v) is 37.8. The summed E-state index contributed by atoms with van der Waals surface area (Å²) in [5, 5.41) is 71.5. The van der Waals surface area contributed by atoms with Gasteiger partial charge in [-0.1, -0.05) is 38.1 Å². The lowest BCUT2D eigenvalue weighted by molar-refractivity contribution is -0.143. The van der Waals surface area contributed by atoms with Crippen LogP contribution in [0.3, 0.4) is 0 Å². The van der Waals surface area contributed by atoms with E-state index in [0.717, 1.165) is 0 Å². The van der Waals surface area contributed by atoms with E-state index >= 15 is 0 Å². The number of nitrogens with zero attached hydrogens (tertiary/aromatic N) is 1. The number of nitrogens with two attached hydrogens (primary N) is 3. The minimum Gasteiger partial charge on any atom is -0.508 e. The average Bonchev–Trinajstić information content (AvgIpc) is 3.26. The van der Waals surface area contributed by atoms with Gasteiger partial charge in [0.1, 0.15) is 47.8 Å². The highest BCUT2D eigenvalue weighted by Crippen LogP contribution is 2.14. The van der Waals surface area contributed by atoms with Gasteiger partial charge in [0.25, 0.3) is 0 Å². The van der Waals surface area contributed by atoms with Crippen molar-refractivity contribution in [1.29, 1.82) is 0 Å². The fourth-order valence-electron chi connectivity index (χ4n) is 6.42. The molecule has 0 aliphatic heterocycles. The van der Waals surface area contributed by atoms with E-state index in [4.69, 9.17) is 17.2 Å². The summed E-state index contributed by atoms with van der Waals surface area (Å²) in [5.41, 5.74) is 17.5. The lowest BCUT2D eigenvalue weighted by atomic mass is 10.00. The van der Waals surface area contributed by atoms with E-state index in [1.165, 1.54) is 62.4 Å². The van der Waals surface area contributed by atoms with Gasteiger partial charge in [-0.2, -0.15) is 0 Å². The van der Waals surface area contributed by atoms with Crippen LogP contribution in [0.15, 0.2) is 53.5 Å². The van der Waals surface area contributed by atoms with Crippen LogP contribution in [0.4, 0.5) is 0 Å². The van der Waals surface area contributed by atoms with Gasteiger partial charge < -0.3 is 79.7 Å². The number of hydrogen-bond acceptors (Lipinski definition) is 14. The smallest absolute Gasteiger partial charge is 0.326 e. The molecule has 0 fully saturated rings. The summed E-state index contributed by atoms with van der Waals surface area (Å²) >= 11 is 0. The predicted molar refractivity (Wildman–Crippen MR) is 242 cm³/mol. The molecule has 26 nitrogen and oxygen atoms in total. The maximum Gasteiger partial charge on any atom is 0.326 e. The van der Waals surface area contributed by atoms with E-state index in [9.17, 15) is 78.6 Å². The number of aromatic hydroxyl groups is 2. The van der Waals surface area contributed by atoms with Crippen molar-refractivity contribution in [2.75, 3.05) is 6.54 Å². The van der Waals surface area contributed by atoms with E-state index in [-0.39, 0.29) is 49.7 Å². The van der Waals surface area contributed by atoms with Crippen LogP contribution in [-0.4, -0.2) is 145 Å². The average molecular weight is 973 g/mol. The number of carbonyl (C=O) groups is 10. The van der Waals surface area contributed by atoms with E-state index in [1.807, 2.05) is 0 Å². The number of carboxylic acids is 4. The van der Waals surface area contributed by atoms with E-state index in [1.54, 1.807) is 0 Å². The van der Waals surface area contributed by atoms with Crippen LogP contribution in [0.2, 0.25) is 0 Å². The highest BCUT2D eigenvalue weighted by atomic mass is 16.4. The molecule has 2 aromatic carbocycles. The lowest BCUT2D eigenvalue weighted by Crippen LogP contribution is -2.61. The Morgan fingerprint density at radius 3 is 1.41 bits per heavy atom. The fraction of sp³-hybridized carbons (Fsp3) is 0.465. The summed E-state index contributed by atoms with van der Waals surface area (Å²) in [6.45, 7) is 2.96. The number of aliphatic imine (C=N–C) groups is 1. The summed E-state index contributed by atoms with van der Waals surface area (Å²) in [7, 11) is 0. The van der Waals surface area contributed by atoms with Crippen LogP contribution in [0.25, 0.3) is 0 Å². The lowest BCUT2D eigenvalue weighted by Gasteiger charge is -2.28. The number of carbonyl (C=O) groups excluding carboxylic acids is 6. The number of guanidine groups is 1. The Morgan fingerprint density at radius 1 is 0.522 bits per heavy atom. The summed E-state index contributed by atoms with van der Waals surface area (Å²) in [5.74, 6) is -13.7. The Hall–Kier alpha value is -8.03. The van der Waals surface area contributed by atoms with Gasteiger partial charge in [0, 0.05) is 25.8 Å². The summed E-state index contributed by atoms with van der Waals surface area (Å²) in [6.07, 6.45) is -4.05. The molecule has 0 radical (unpaired) electrons.